The Labute approximate surface area is 179 Å². The first-order chi connectivity index (χ1) is 15.1. The van der Waals surface area contributed by atoms with Gasteiger partial charge in [-0.25, -0.2) is 15.0 Å². The summed E-state index contributed by atoms with van der Waals surface area (Å²) in [6.07, 6.45) is 5.69. The molecule has 3 aromatic heterocycles. The molecule has 0 amide bonds. The fraction of sp³-hybridized carbons (Fsp3) is 0.545. The molecule has 2 N–H and O–H groups in total. The van der Waals surface area contributed by atoms with Gasteiger partial charge in [-0.15, -0.1) is 0 Å². The maximum Gasteiger partial charge on any atom is 0.255 e. The first-order valence-electron chi connectivity index (χ1n) is 11.2. The molecule has 3 aromatic rings. The number of aryl methyl sites for hydroxylation is 1. The van der Waals surface area contributed by atoms with Gasteiger partial charge in [0.2, 0.25) is 5.95 Å². The number of aromatic amines is 2. The molecule has 0 saturated carbocycles. The number of ether oxygens (including phenoxy) is 1. The fourth-order valence-corrected chi connectivity index (χ4v) is 5.47. The maximum absolute atomic E-state index is 12.9. The highest BCUT2D eigenvalue weighted by molar-refractivity contribution is 5.86. The minimum absolute atomic E-state index is 0.0158. The summed E-state index contributed by atoms with van der Waals surface area (Å²) in [5.41, 5.74) is 3.88. The Morgan fingerprint density at radius 1 is 1.03 bits per heavy atom. The molecular weight excluding hydrogens is 394 g/mol. The van der Waals surface area contributed by atoms with Crippen LogP contribution in [0.5, 0.6) is 0 Å². The summed E-state index contributed by atoms with van der Waals surface area (Å²) in [5.74, 6) is 2.47. The van der Waals surface area contributed by atoms with Gasteiger partial charge in [0.1, 0.15) is 11.3 Å². The van der Waals surface area contributed by atoms with Crippen molar-refractivity contribution in [3.8, 4) is 0 Å². The normalized spacial score (nSPS) is 20.5. The summed E-state index contributed by atoms with van der Waals surface area (Å²) in [7, 11) is 0. The van der Waals surface area contributed by atoms with Crippen molar-refractivity contribution in [3.05, 3.63) is 39.7 Å². The number of fused-ring (bicyclic) bond motifs is 3. The van der Waals surface area contributed by atoms with E-state index in [9.17, 15) is 4.79 Å². The SMILES string of the molecule is Cc1nc(N2CCC3(CCc4c3nc(N3CCOCC3)[nH]c4=O)CC2)c2[nH]ccc2n1. The van der Waals surface area contributed by atoms with Gasteiger partial charge in [0.15, 0.2) is 5.82 Å². The predicted molar refractivity (Wildman–Crippen MR) is 118 cm³/mol. The molecule has 31 heavy (non-hydrogen) atoms. The maximum atomic E-state index is 12.9. The van der Waals surface area contributed by atoms with Crippen LogP contribution in [-0.2, 0) is 16.6 Å². The first kappa shape index (κ1) is 18.8. The lowest BCUT2D eigenvalue weighted by Gasteiger charge is -2.40. The Kier molecular flexibility index (Phi) is 4.27. The molecule has 2 aliphatic heterocycles. The minimum Gasteiger partial charge on any atom is -0.378 e. The van der Waals surface area contributed by atoms with Crippen LogP contribution in [0.1, 0.15) is 36.3 Å². The van der Waals surface area contributed by atoms with Gasteiger partial charge in [-0.1, -0.05) is 0 Å². The topological polar surface area (TPSA) is 103 Å². The predicted octanol–water partition coefficient (Wildman–Crippen LogP) is 1.67. The average Bonchev–Trinajstić information content (AvgIpc) is 3.40. The number of nitrogens with one attached hydrogen (secondary N) is 2. The molecule has 0 unspecified atom stereocenters. The Bertz CT molecular complexity index is 1190. The molecule has 2 fully saturated rings. The van der Waals surface area contributed by atoms with E-state index in [1.54, 1.807) is 0 Å². The zero-order valence-corrected chi connectivity index (χ0v) is 17.8. The molecule has 3 aliphatic rings. The molecular formula is C22H27N7O2. The third-order valence-corrected chi connectivity index (χ3v) is 7.19. The van der Waals surface area contributed by atoms with E-state index >= 15 is 0 Å². The summed E-state index contributed by atoms with van der Waals surface area (Å²) in [6.45, 7) is 6.61. The third-order valence-electron chi connectivity index (χ3n) is 7.19. The van der Waals surface area contributed by atoms with Crippen LogP contribution in [0.4, 0.5) is 11.8 Å². The van der Waals surface area contributed by atoms with Crippen molar-refractivity contribution in [2.24, 2.45) is 0 Å². The lowest BCUT2D eigenvalue weighted by atomic mass is 9.76. The van der Waals surface area contributed by atoms with Gasteiger partial charge >= 0.3 is 0 Å². The van der Waals surface area contributed by atoms with Gasteiger partial charge in [0, 0.05) is 43.4 Å². The zero-order valence-electron chi connectivity index (χ0n) is 17.8. The fourth-order valence-electron chi connectivity index (χ4n) is 5.47. The molecule has 9 heteroatoms. The van der Waals surface area contributed by atoms with Crippen LogP contribution in [0.2, 0.25) is 0 Å². The molecule has 0 radical (unpaired) electrons. The van der Waals surface area contributed by atoms with Gasteiger partial charge in [0.05, 0.1) is 24.4 Å². The molecule has 2 saturated heterocycles. The van der Waals surface area contributed by atoms with Crippen LogP contribution in [0.15, 0.2) is 17.1 Å². The monoisotopic (exact) mass is 421 g/mol. The number of anilines is 2. The lowest BCUT2D eigenvalue weighted by molar-refractivity contribution is 0.122. The van der Waals surface area contributed by atoms with Gasteiger partial charge in [-0.2, -0.15) is 0 Å². The van der Waals surface area contributed by atoms with Crippen LogP contribution in [-0.4, -0.2) is 64.3 Å². The molecule has 0 aromatic carbocycles. The summed E-state index contributed by atoms with van der Waals surface area (Å²) in [6, 6.07) is 2.00. The Morgan fingerprint density at radius 2 is 1.84 bits per heavy atom. The third kappa shape index (κ3) is 3.02. The molecule has 1 aliphatic carbocycles. The van der Waals surface area contributed by atoms with Crippen molar-refractivity contribution >= 4 is 22.8 Å². The van der Waals surface area contributed by atoms with Crippen molar-refractivity contribution in [3.63, 3.8) is 0 Å². The second-order valence-corrected chi connectivity index (χ2v) is 8.92. The van der Waals surface area contributed by atoms with E-state index in [4.69, 9.17) is 14.7 Å². The molecule has 9 nitrogen and oxygen atoms in total. The van der Waals surface area contributed by atoms with Crippen LogP contribution in [0, 0.1) is 6.92 Å². The number of piperidine rings is 1. The molecule has 6 rings (SSSR count). The zero-order chi connectivity index (χ0) is 21.0. The number of H-pyrrole nitrogens is 2. The summed E-state index contributed by atoms with van der Waals surface area (Å²) >= 11 is 0. The van der Waals surface area contributed by atoms with Crippen LogP contribution in [0.25, 0.3) is 11.0 Å². The van der Waals surface area contributed by atoms with E-state index in [2.05, 4.69) is 24.8 Å². The molecule has 0 atom stereocenters. The summed E-state index contributed by atoms with van der Waals surface area (Å²) < 4.78 is 5.46. The van der Waals surface area contributed by atoms with Gasteiger partial charge in [-0.05, 0) is 38.7 Å². The van der Waals surface area contributed by atoms with E-state index in [1.807, 2.05) is 19.2 Å². The number of aromatic nitrogens is 5. The van der Waals surface area contributed by atoms with Crippen molar-refractivity contribution in [2.45, 2.75) is 38.0 Å². The van der Waals surface area contributed by atoms with Crippen molar-refractivity contribution in [1.82, 2.24) is 24.9 Å². The van der Waals surface area contributed by atoms with Crippen LogP contribution < -0.4 is 15.4 Å². The Balaban J connectivity index is 1.30. The van der Waals surface area contributed by atoms with Crippen molar-refractivity contribution in [2.75, 3.05) is 49.2 Å². The largest absolute Gasteiger partial charge is 0.378 e. The molecule has 1 spiro atoms. The Morgan fingerprint density at radius 3 is 2.65 bits per heavy atom. The number of rotatable bonds is 2. The average molecular weight is 422 g/mol. The number of morpholine rings is 1. The van der Waals surface area contributed by atoms with Crippen molar-refractivity contribution < 1.29 is 4.74 Å². The highest BCUT2D eigenvalue weighted by atomic mass is 16.5. The van der Waals surface area contributed by atoms with E-state index in [0.29, 0.717) is 19.2 Å². The van der Waals surface area contributed by atoms with Crippen LogP contribution >= 0.6 is 0 Å². The highest BCUT2D eigenvalue weighted by Gasteiger charge is 2.44. The number of nitrogens with zero attached hydrogens (tertiary/aromatic N) is 5. The smallest absolute Gasteiger partial charge is 0.255 e. The van der Waals surface area contributed by atoms with Crippen molar-refractivity contribution in [1.29, 1.82) is 0 Å². The van der Waals surface area contributed by atoms with Gasteiger partial charge in [0.25, 0.3) is 5.56 Å². The van der Waals surface area contributed by atoms with E-state index < -0.39 is 0 Å². The Hall–Kier alpha value is -2.94. The van der Waals surface area contributed by atoms with E-state index in [-0.39, 0.29) is 11.0 Å². The second kappa shape index (κ2) is 7.05. The quantitative estimate of drug-likeness (QED) is 0.649. The van der Waals surface area contributed by atoms with E-state index in [1.165, 1.54) is 0 Å². The summed E-state index contributed by atoms with van der Waals surface area (Å²) in [5, 5.41) is 0. The molecule has 0 bridgehead atoms. The van der Waals surface area contributed by atoms with Gasteiger partial charge in [-0.3, -0.25) is 9.78 Å². The van der Waals surface area contributed by atoms with Crippen LogP contribution in [0.3, 0.4) is 0 Å². The molecule has 162 valence electrons. The lowest BCUT2D eigenvalue weighted by Crippen LogP contribution is -2.43. The number of hydrogen-bond donors (Lipinski definition) is 2. The van der Waals surface area contributed by atoms with Gasteiger partial charge < -0.3 is 19.5 Å². The standard InChI is InChI=1S/C22H27N7O2/c1-14-24-16-3-7-23-17(16)19(25-14)28-8-5-22(6-9-28)4-2-15-18(22)26-21(27-20(15)30)29-10-12-31-13-11-29/h3,7,23H,2,4-6,8-13H2,1H3,(H,26,27,30). The second-order valence-electron chi connectivity index (χ2n) is 8.92. The minimum atomic E-state index is -0.0158. The first-order valence-corrected chi connectivity index (χ1v) is 11.2. The summed E-state index contributed by atoms with van der Waals surface area (Å²) in [4.78, 5) is 38.0. The number of hydrogen-bond acceptors (Lipinski definition) is 7. The molecule has 5 heterocycles. The van der Waals surface area contributed by atoms with E-state index in [0.717, 1.165) is 85.8 Å². The highest BCUT2D eigenvalue weighted by Crippen LogP contribution is 2.45.